The summed E-state index contributed by atoms with van der Waals surface area (Å²) in [6.07, 6.45) is 4.81. The predicted octanol–water partition coefficient (Wildman–Crippen LogP) is 6.94. The fourth-order valence-corrected chi connectivity index (χ4v) is 8.90. The molecule has 14 heteroatoms. The smallest absolute Gasteiger partial charge is 0.365 e. The minimum atomic E-state index is -0.474. The summed E-state index contributed by atoms with van der Waals surface area (Å²) >= 11 is 0. The van der Waals surface area contributed by atoms with Gasteiger partial charge in [0.05, 0.1) is 24.8 Å². The second-order valence-corrected chi connectivity index (χ2v) is 17.8. The summed E-state index contributed by atoms with van der Waals surface area (Å²) in [4.78, 5) is 49.3. The first-order chi connectivity index (χ1) is 30.1. The van der Waals surface area contributed by atoms with Crippen molar-refractivity contribution in [2.45, 2.75) is 110 Å². The van der Waals surface area contributed by atoms with E-state index >= 15 is 0 Å². The zero-order valence-electron chi connectivity index (χ0n) is 37.0. The molecule has 0 fully saturated rings. The van der Waals surface area contributed by atoms with Crippen molar-refractivity contribution in [3.63, 3.8) is 0 Å². The SMILES string of the molecule is C=C(c1ccc(-n2nn[nH]c2=O)cc1)c1cc2c(cc1C)C(C)(C)CCC2(C)Cc1cccc(-c2ccc(CC[C@H](C[C@@H](C)C(=O)OCC)NC(=O)CCn3nn[nH]c3=O)cc2)c1. The Hall–Kier alpha value is -6.70. The summed E-state index contributed by atoms with van der Waals surface area (Å²) < 4.78 is 7.58. The van der Waals surface area contributed by atoms with Crippen LogP contribution >= 0.6 is 0 Å². The van der Waals surface area contributed by atoms with Crippen molar-refractivity contribution in [2.24, 2.45) is 5.92 Å². The Morgan fingerprint density at radius 3 is 2.29 bits per heavy atom. The van der Waals surface area contributed by atoms with E-state index in [1.54, 1.807) is 6.92 Å². The number of rotatable bonds is 17. The fourth-order valence-electron chi connectivity index (χ4n) is 8.90. The van der Waals surface area contributed by atoms with Crippen LogP contribution in [-0.4, -0.2) is 64.9 Å². The van der Waals surface area contributed by atoms with E-state index in [9.17, 15) is 19.2 Å². The summed E-state index contributed by atoms with van der Waals surface area (Å²) in [5.74, 6) is -0.921. The summed E-state index contributed by atoms with van der Waals surface area (Å²) in [5.41, 5.74) is 11.3. The first-order valence-corrected chi connectivity index (χ1v) is 21.7. The van der Waals surface area contributed by atoms with Crippen molar-refractivity contribution in [1.29, 1.82) is 0 Å². The van der Waals surface area contributed by atoms with Gasteiger partial charge in [-0.1, -0.05) is 107 Å². The Morgan fingerprint density at radius 2 is 1.60 bits per heavy atom. The molecule has 4 aromatic carbocycles. The number of nitrogens with one attached hydrogen (secondary N) is 3. The van der Waals surface area contributed by atoms with Gasteiger partial charge in [0.15, 0.2) is 0 Å². The fraction of sp³-hybridized carbons (Fsp3) is 0.388. The van der Waals surface area contributed by atoms with Gasteiger partial charge in [-0.05, 0) is 152 Å². The molecule has 3 atom stereocenters. The van der Waals surface area contributed by atoms with Crippen molar-refractivity contribution >= 4 is 17.4 Å². The highest BCUT2D eigenvalue weighted by Crippen LogP contribution is 2.49. The lowest BCUT2D eigenvalue weighted by atomic mass is 9.60. The summed E-state index contributed by atoms with van der Waals surface area (Å²) in [7, 11) is 0. The summed E-state index contributed by atoms with van der Waals surface area (Å²) in [6, 6.07) is 29.5. The molecule has 2 aromatic heterocycles. The van der Waals surface area contributed by atoms with E-state index in [0.29, 0.717) is 31.6 Å². The normalized spacial score (nSPS) is 16.5. The molecule has 0 bridgehead atoms. The van der Waals surface area contributed by atoms with Gasteiger partial charge in [-0.2, -0.15) is 9.36 Å². The average Bonchev–Trinajstić information content (AvgIpc) is 3.90. The molecule has 3 N–H and O–H groups in total. The van der Waals surface area contributed by atoms with Crippen LogP contribution in [0.4, 0.5) is 0 Å². The van der Waals surface area contributed by atoms with Gasteiger partial charge in [0.25, 0.3) is 0 Å². The van der Waals surface area contributed by atoms with E-state index < -0.39 is 17.3 Å². The Balaban J connectivity index is 1.05. The van der Waals surface area contributed by atoms with Gasteiger partial charge in [0.1, 0.15) is 0 Å². The molecule has 7 rings (SSSR count). The Labute approximate surface area is 367 Å². The number of hydrogen-bond acceptors (Lipinski definition) is 9. The minimum absolute atomic E-state index is 0.0284. The second kappa shape index (κ2) is 18.7. The number of aryl methyl sites for hydroxylation is 3. The molecule has 2 heterocycles. The van der Waals surface area contributed by atoms with Crippen molar-refractivity contribution in [2.75, 3.05) is 6.61 Å². The van der Waals surface area contributed by atoms with E-state index in [2.05, 4.69) is 131 Å². The van der Waals surface area contributed by atoms with Gasteiger partial charge in [-0.3, -0.25) is 9.59 Å². The molecule has 1 amide bonds. The van der Waals surface area contributed by atoms with Gasteiger partial charge in [-0.25, -0.2) is 19.8 Å². The summed E-state index contributed by atoms with van der Waals surface area (Å²) in [6.45, 7) is 17.8. The number of fused-ring (bicyclic) bond motifs is 1. The molecule has 328 valence electrons. The lowest BCUT2D eigenvalue weighted by Crippen LogP contribution is -2.38. The lowest BCUT2D eigenvalue weighted by molar-refractivity contribution is -0.148. The number of ether oxygens (including phenoxy) is 1. The third-order valence-corrected chi connectivity index (χ3v) is 12.7. The molecule has 0 aliphatic heterocycles. The number of benzene rings is 4. The molecule has 6 aromatic rings. The minimum Gasteiger partial charge on any atom is -0.466 e. The maximum Gasteiger partial charge on any atom is 0.365 e. The zero-order valence-corrected chi connectivity index (χ0v) is 37.0. The number of carbonyl (C=O) groups is 2. The monoisotopic (exact) mass is 851 g/mol. The van der Waals surface area contributed by atoms with Crippen LogP contribution in [0.25, 0.3) is 22.4 Å². The maximum absolute atomic E-state index is 13.0. The number of carbonyl (C=O) groups excluding carboxylic acids is 2. The predicted molar refractivity (Wildman–Crippen MR) is 242 cm³/mol. The van der Waals surface area contributed by atoms with E-state index in [-0.39, 0.29) is 41.7 Å². The number of amides is 1. The number of aromatic amines is 2. The van der Waals surface area contributed by atoms with Crippen molar-refractivity contribution in [3.8, 4) is 16.8 Å². The van der Waals surface area contributed by atoms with Crippen molar-refractivity contribution < 1.29 is 14.3 Å². The molecule has 0 saturated carbocycles. The number of esters is 1. The lowest BCUT2D eigenvalue weighted by Gasteiger charge is -2.44. The van der Waals surface area contributed by atoms with Crippen molar-refractivity contribution in [3.05, 3.63) is 151 Å². The number of tetrazole rings is 2. The van der Waals surface area contributed by atoms with E-state index in [1.807, 2.05) is 31.2 Å². The number of H-pyrrole nitrogens is 2. The van der Waals surface area contributed by atoms with Gasteiger partial charge in [0, 0.05) is 12.5 Å². The summed E-state index contributed by atoms with van der Waals surface area (Å²) in [5, 5.41) is 22.3. The van der Waals surface area contributed by atoms with Crippen LogP contribution in [-0.2, 0) is 44.5 Å². The van der Waals surface area contributed by atoms with Gasteiger partial charge in [-0.15, -0.1) is 0 Å². The zero-order chi connectivity index (χ0) is 44.9. The van der Waals surface area contributed by atoms with E-state index in [4.69, 9.17) is 4.74 Å². The van der Waals surface area contributed by atoms with Crippen LogP contribution in [0.2, 0.25) is 0 Å². The van der Waals surface area contributed by atoms with E-state index in [1.165, 1.54) is 26.9 Å². The van der Waals surface area contributed by atoms with Crippen LogP contribution in [0.1, 0.15) is 106 Å². The third kappa shape index (κ3) is 10.2. The topological polar surface area (TPSA) is 183 Å². The highest BCUT2D eigenvalue weighted by atomic mass is 16.5. The van der Waals surface area contributed by atoms with Gasteiger partial charge in [0.2, 0.25) is 5.91 Å². The van der Waals surface area contributed by atoms with Crippen LogP contribution in [0.15, 0.2) is 101 Å². The quantitative estimate of drug-likeness (QED) is 0.0819. The highest BCUT2D eigenvalue weighted by molar-refractivity contribution is 5.81. The molecule has 0 spiro atoms. The molecule has 1 aliphatic carbocycles. The van der Waals surface area contributed by atoms with Crippen LogP contribution in [0.3, 0.4) is 0 Å². The van der Waals surface area contributed by atoms with Gasteiger partial charge < -0.3 is 10.1 Å². The molecule has 63 heavy (non-hydrogen) atoms. The number of nitrogens with zero attached hydrogens (tertiary/aromatic N) is 6. The number of aromatic nitrogens is 8. The molecule has 14 nitrogen and oxygen atoms in total. The standard InChI is InChI=1S/C49H57N9O5/c1-8-63-45(60)32(3)26-39(50-44(59)22-25-57-46(61)51-53-55-57)19-14-34-12-15-37(16-13-34)38-11-9-10-35(28-38)30-49(7)24-23-48(5,6)42-27-31(2)41(29-43(42)49)33(4)36-17-20-40(21-18-36)58-47(62)52-54-56-58/h9-13,15-18,20-21,27-29,32,39H,4,8,14,19,22-26,30H2,1-3,5-7H3,(H,50,59)(H,51,55,61)(H,52,56,62)/t32-,39-,49?/m1/s1. The molecule has 1 aliphatic rings. The maximum atomic E-state index is 13.0. The second-order valence-electron chi connectivity index (χ2n) is 17.8. The Bertz CT molecular complexity index is 2710. The number of hydrogen-bond donors (Lipinski definition) is 3. The Kier molecular flexibility index (Phi) is 13.2. The molecule has 1 unspecified atom stereocenters. The van der Waals surface area contributed by atoms with Crippen LogP contribution in [0, 0.1) is 12.8 Å². The van der Waals surface area contributed by atoms with E-state index in [0.717, 1.165) is 57.3 Å². The Morgan fingerprint density at radius 1 is 0.873 bits per heavy atom. The van der Waals surface area contributed by atoms with Crippen molar-refractivity contribution in [1.82, 2.24) is 45.7 Å². The molecular weight excluding hydrogens is 795 g/mol. The molecular formula is C49H57N9O5. The third-order valence-electron chi connectivity index (χ3n) is 12.7. The van der Waals surface area contributed by atoms with Gasteiger partial charge >= 0.3 is 17.3 Å². The molecule has 0 saturated heterocycles. The highest BCUT2D eigenvalue weighted by Gasteiger charge is 2.40. The largest absolute Gasteiger partial charge is 0.466 e. The average molecular weight is 852 g/mol. The molecule has 0 radical (unpaired) electrons. The first-order valence-electron chi connectivity index (χ1n) is 21.7. The first kappa shape index (κ1) is 44.4. The van der Waals surface area contributed by atoms with Crippen LogP contribution < -0.4 is 16.7 Å². The van der Waals surface area contributed by atoms with Crippen LogP contribution in [0.5, 0.6) is 0 Å².